The van der Waals surface area contributed by atoms with Gasteiger partial charge in [-0.1, -0.05) is 11.8 Å². The Bertz CT molecular complexity index is 1370. The molecular weight excluding hydrogens is 506 g/mol. The van der Waals surface area contributed by atoms with Crippen molar-refractivity contribution < 1.29 is 23.8 Å². The van der Waals surface area contributed by atoms with Gasteiger partial charge in [-0.25, -0.2) is 0 Å². The predicted octanol–water partition coefficient (Wildman–Crippen LogP) is 3.95. The van der Waals surface area contributed by atoms with E-state index in [0.717, 1.165) is 5.69 Å². The molecule has 0 saturated carbocycles. The zero-order valence-electron chi connectivity index (χ0n) is 21.1. The van der Waals surface area contributed by atoms with Gasteiger partial charge in [0.05, 0.1) is 33.6 Å². The molecule has 4 rings (SSSR count). The Morgan fingerprint density at radius 2 is 1.34 bits per heavy atom. The molecule has 0 bridgehead atoms. The number of benzene rings is 3. The van der Waals surface area contributed by atoms with Crippen molar-refractivity contribution in [3.05, 3.63) is 84.2 Å². The number of carbonyl (C=O) groups is 2. The van der Waals surface area contributed by atoms with Gasteiger partial charge in [0.2, 0.25) is 5.91 Å². The minimum absolute atomic E-state index is 0.110. The van der Waals surface area contributed by atoms with E-state index in [1.165, 1.54) is 11.8 Å². The van der Waals surface area contributed by atoms with Crippen LogP contribution in [0.1, 0.15) is 16.2 Å². The fraction of sp³-hybridized carbons (Fsp3) is 0.185. The Labute approximate surface area is 224 Å². The second kappa shape index (κ2) is 12.6. The molecule has 0 aliphatic carbocycles. The summed E-state index contributed by atoms with van der Waals surface area (Å²) in [6.45, 7) is 0.127. The summed E-state index contributed by atoms with van der Waals surface area (Å²) in [5.41, 5.74) is 1.92. The molecule has 38 heavy (non-hydrogen) atoms. The topological polar surface area (TPSA) is 117 Å². The molecule has 1 heterocycles. The molecule has 0 atom stereocenters. The van der Waals surface area contributed by atoms with Crippen LogP contribution in [0.3, 0.4) is 0 Å². The lowest BCUT2D eigenvalue weighted by atomic mass is 10.2. The van der Waals surface area contributed by atoms with E-state index in [0.29, 0.717) is 39.5 Å². The maximum atomic E-state index is 12.7. The molecule has 0 radical (unpaired) electrons. The van der Waals surface area contributed by atoms with Crippen molar-refractivity contribution in [2.24, 2.45) is 0 Å². The van der Waals surface area contributed by atoms with Crippen LogP contribution in [0.5, 0.6) is 17.2 Å². The number of ether oxygens (including phenoxy) is 3. The molecule has 2 amide bonds. The third-order valence-electron chi connectivity index (χ3n) is 5.50. The SMILES string of the molecule is COc1ccc(NC(=O)CSc2nnc(CNC(=O)c3ccc(OC)cc3)n2-c2ccc(OC)cc2)cc1. The van der Waals surface area contributed by atoms with Crippen LogP contribution in [-0.4, -0.2) is 53.7 Å². The van der Waals surface area contributed by atoms with Crippen molar-refractivity contribution >= 4 is 29.3 Å². The summed E-state index contributed by atoms with van der Waals surface area (Å²) in [4.78, 5) is 25.3. The van der Waals surface area contributed by atoms with E-state index in [4.69, 9.17) is 14.2 Å². The van der Waals surface area contributed by atoms with Gasteiger partial charge in [-0.05, 0) is 72.8 Å². The van der Waals surface area contributed by atoms with E-state index >= 15 is 0 Å². The normalized spacial score (nSPS) is 10.5. The standard InChI is InChI=1S/C27H27N5O5S/c1-35-21-10-4-18(5-11-21)26(34)28-16-24-30-31-27(32(24)20-8-14-23(37-3)15-9-20)38-17-25(33)29-19-6-12-22(36-2)13-7-19/h4-15H,16-17H2,1-3H3,(H,28,34)(H,29,33). The predicted molar refractivity (Wildman–Crippen MR) is 144 cm³/mol. The highest BCUT2D eigenvalue weighted by molar-refractivity contribution is 7.99. The first-order valence-corrected chi connectivity index (χ1v) is 12.6. The minimum Gasteiger partial charge on any atom is -0.497 e. The van der Waals surface area contributed by atoms with Gasteiger partial charge < -0.3 is 24.8 Å². The van der Waals surface area contributed by atoms with Gasteiger partial charge in [-0.15, -0.1) is 10.2 Å². The number of hydrogen-bond donors (Lipinski definition) is 2. The molecule has 0 fully saturated rings. The zero-order chi connectivity index (χ0) is 26.9. The number of carbonyl (C=O) groups excluding carboxylic acids is 2. The molecule has 0 unspecified atom stereocenters. The summed E-state index contributed by atoms with van der Waals surface area (Å²) in [6.07, 6.45) is 0. The van der Waals surface area contributed by atoms with Crippen molar-refractivity contribution in [2.45, 2.75) is 11.7 Å². The summed E-state index contributed by atoms with van der Waals surface area (Å²) in [6, 6.07) is 21.3. The van der Waals surface area contributed by atoms with Crippen LogP contribution in [0, 0.1) is 0 Å². The fourth-order valence-electron chi connectivity index (χ4n) is 3.50. The van der Waals surface area contributed by atoms with Crippen LogP contribution in [-0.2, 0) is 11.3 Å². The molecule has 10 nitrogen and oxygen atoms in total. The molecular formula is C27H27N5O5S. The van der Waals surface area contributed by atoms with E-state index in [1.54, 1.807) is 74.4 Å². The van der Waals surface area contributed by atoms with Crippen molar-refractivity contribution in [3.63, 3.8) is 0 Å². The van der Waals surface area contributed by atoms with Crippen LogP contribution in [0.15, 0.2) is 78.0 Å². The number of aromatic nitrogens is 3. The summed E-state index contributed by atoms with van der Waals surface area (Å²) >= 11 is 1.24. The van der Waals surface area contributed by atoms with Crippen molar-refractivity contribution in [1.29, 1.82) is 0 Å². The van der Waals surface area contributed by atoms with E-state index in [-0.39, 0.29) is 24.1 Å². The van der Waals surface area contributed by atoms with E-state index < -0.39 is 0 Å². The van der Waals surface area contributed by atoms with Gasteiger partial charge in [0.25, 0.3) is 5.91 Å². The summed E-state index contributed by atoms with van der Waals surface area (Å²) in [5.74, 6) is 2.23. The second-order valence-corrected chi connectivity index (χ2v) is 8.85. The van der Waals surface area contributed by atoms with Gasteiger partial charge in [0.15, 0.2) is 11.0 Å². The lowest BCUT2D eigenvalue weighted by Gasteiger charge is -2.12. The van der Waals surface area contributed by atoms with Crippen LogP contribution >= 0.6 is 11.8 Å². The maximum absolute atomic E-state index is 12.7. The third-order valence-corrected chi connectivity index (χ3v) is 6.43. The van der Waals surface area contributed by atoms with Crippen LogP contribution < -0.4 is 24.8 Å². The average molecular weight is 534 g/mol. The first-order valence-electron chi connectivity index (χ1n) is 11.6. The molecule has 0 aliphatic heterocycles. The number of rotatable bonds is 11. The monoisotopic (exact) mass is 533 g/mol. The Kier molecular flexibility index (Phi) is 8.83. The average Bonchev–Trinajstić information content (AvgIpc) is 3.38. The number of nitrogens with one attached hydrogen (secondary N) is 2. The smallest absolute Gasteiger partial charge is 0.251 e. The van der Waals surface area contributed by atoms with Crippen LogP contribution in [0.4, 0.5) is 5.69 Å². The third kappa shape index (κ3) is 6.62. The van der Waals surface area contributed by atoms with Gasteiger partial charge in [-0.2, -0.15) is 0 Å². The van der Waals surface area contributed by atoms with E-state index in [1.807, 2.05) is 24.3 Å². The summed E-state index contributed by atoms with van der Waals surface area (Å²) in [7, 11) is 4.75. The van der Waals surface area contributed by atoms with Gasteiger partial charge in [0, 0.05) is 16.9 Å². The number of methoxy groups -OCH3 is 3. The molecule has 0 aliphatic rings. The van der Waals surface area contributed by atoms with Crippen molar-refractivity contribution in [1.82, 2.24) is 20.1 Å². The molecule has 1 aromatic heterocycles. The van der Waals surface area contributed by atoms with E-state index in [2.05, 4.69) is 20.8 Å². The second-order valence-electron chi connectivity index (χ2n) is 7.91. The maximum Gasteiger partial charge on any atom is 0.251 e. The summed E-state index contributed by atoms with van der Waals surface area (Å²) in [5, 5.41) is 14.8. The number of hydrogen-bond acceptors (Lipinski definition) is 8. The molecule has 4 aromatic rings. The highest BCUT2D eigenvalue weighted by Gasteiger charge is 2.17. The fourth-order valence-corrected chi connectivity index (χ4v) is 4.28. The Morgan fingerprint density at radius 1 is 0.789 bits per heavy atom. The molecule has 0 saturated heterocycles. The van der Waals surface area contributed by atoms with Gasteiger partial charge in [0.1, 0.15) is 17.2 Å². The lowest BCUT2D eigenvalue weighted by Crippen LogP contribution is -2.24. The molecule has 11 heteroatoms. The quantitative estimate of drug-likeness (QED) is 0.279. The van der Waals surface area contributed by atoms with Crippen LogP contribution in [0.2, 0.25) is 0 Å². The Morgan fingerprint density at radius 3 is 1.92 bits per heavy atom. The largest absolute Gasteiger partial charge is 0.497 e. The van der Waals surface area contributed by atoms with Crippen LogP contribution in [0.25, 0.3) is 5.69 Å². The van der Waals surface area contributed by atoms with Crippen molar-refractivity contribution in [2.75, 3.05) is 32.4 Å². The first kappa shape index (κ1) is 26.6. The van der Waals surface area contributed by atoms with Crippen molar-refractivity contribution in [3.8, 4) is 22.9 Å². The zero-order valence-corrected chi connectivity index (χ0v) is 22.0. The Hall–Kier alpha value is -4.51. The molecule has 2 N–H and O–H groups in total. The van der Waals surface area contributed by atoms with Gasteiger partial charge in [-0.3, -0.25) is 14.2 Å². The number of amides is 2. The summed E-state index contributed by atoms with van der Waals surface area (Å²) < 4.78 is 17.4. The van der Waals surface area contributed by atoms with Gasteiger partial charge >= 0.3 is 0 Å². The highest BCUT2D eigenvalue weighted by atomic mass is 32.2. The number of thioether (sulfide) groups is 1. The molecule has 196 valence electrons. The van der Waals surface area contributed by atoms with E-state index in [9.17, 15) is 9.59 Å². The Balaban J connectivity index is 1.48. The first-order chi connectivity index (χ1) is 18.5. The number of nitrogens with zero attached hydrogens (tertiary/aromatic N) is 3. The number of anilines is 1. The molecule has 3 aromatic carbocycles. The molecule has 0 spiro atoms. The highest BCUT2D eigenvalue weighted by Crippen LogP contribution is 2.24. The lowest BCUT2D eigenvalue weighted by molar-refractivity contribution is -0.113. The minimum atomic E-state index is -0.259.